The van der Waals surface area contributed by atoms with Crippen LogP contribution in [0.1, 0.15) is 30.0 Å². The highest BCUT2D eigenvalue weighted by atomic mass is 19.4. The monoisotopic (exact) mass is 420 g/mol. The van der Waals surface area contributed by atoms with Crippen LogP contribution in [0.5, 0.6) is 5.75 Å². The summed E-state index contributed by atoms with van der Waals surface area (Å²) in [7, 11) is 0. The van der Waals surface area contributed by atoms with Gasteiger partial charge >= 0.3 is 6.18 Å². The first-order valence-electron chi connectivity index (χ1n) is 9.94. The van der Waals surface area contributed by atoms with Crippen molar-refractivity contribution in [3.05, 3.63) is 89.5 Å². The van der Waals surface area contributed by atoms with E-state index in [2.05, 4.69) is 4.99 Å². The fourth-order valence-electron chi connectivity index (χ4n) is 4.39. The van der Waals surface area contributed by atoms with E-state index in [4.69, 9.17) is 9.73 Å². The number of hydrogen-bond acceptors (Lipinski definition) is 3. The summed E-state index contributed by atoms with van der Waals surface area (Å²) >= 11 is 0. The number of hydrogen-bond donors (Lipinski definition) is 0. The molecule has 2 unspecified atom stereocenters. The Hall–Kier alpha value is -3.41. The molecule has 3 aromatic rings. The number of nitrogens with zero attached hydrogens (tertiary/aromatic N) is 2. The summed E-state index contributed by atoms with van der Waals surface area (Å²) in [5.74, 6) is 0.693. The van der Waals surface area contributed by atoms with Gasteiger partial charge in [-0.3, -0.25) is 4.99 Å². The minimum atomic E-state index is -4.36. The van der Waals surface area contributed by atoms with Gasteiger partial charge < -0.3 is 4.74 Å². The Balaban J connectivity index is 1.58. The first-order valence-corrected chi connectivity index (χ1v) is 9.94. The van der Waals surface area contributed by atoms with Crippen molar-refractivity contribution in [1.29, 1.82) is 0 Å². The molecule has 0 bridgehead atoms. The lowest BCUT2D eigenvalue weighted by Crippen LogP contribution is -2.43. The summed E-state index contributed by atoms with van der Waals surface area (Å²) in [5, 5.41) is 0. The van der Waals surface area contributed by atoms with E-state index in [9.17, 15) is 13.2 Å². The van der Waals surface area contributed by atoms with E-state index < -0.39 is 22.9 Å². The average molecular weight is 420 g/mol. The minimum Gasteiger partial charge on any atom is -0.482 e. The van der Waals surface area contributed by atoms with E-state index in [0.717, 1.165) is 28.8 Å². The Labute approximate surface area is 177 Å². The second-order valence-electron chi connectivity index (χ2n) is 8.11. The molecule has 31 heavy (non-hydrogen) atoms. The number of rotatable bonds is 2. The normalized spacial score (nSPS) is 24.3. The van der Waals surface area contributed by atoms with Crippen molar-refractivity contribution in [3.63, 3.8) is 0 Å². The van der Waals surface area contributed by atoms with Crippen LogP contribution in [0, 0.1) is 0 Å². The van der Waals surface area contributed by atoms with E-state index in [1.807, 2.05) is 61.7 Å². The van der Waals surface area contributed by atoms with Crippen LogP contribution in [0.3, 0.4) is 0 Å². The molecule has 2 heterocycles. The molecule has 3 aromatic carbocycles. The molecule has 3 nitrogen and oxygen atoms in total. The van der Waals surface area contributed by atoms with Gasteiger partial charge in [-0.2, -0.15) is 13.2 Å². The highest BCUT2D eigenvalue weighted by Crippen LogP contribution is 2.50. The maximum atomic E-state index is 12.9. The molecule has 156 valence electrons. The van der Waals surface area contributed by atoms with Crippen LogP contribution in [-0.4, -0.2) is 12.6 Å². The lowest BCUT2D eigenvalue weighted by atomic mass is 9.75. The summed E-state index contributed by atoms with van der Waals surface area (Å²) < 4.78 is 45.2. The molecule has 2 aliphatic rings. The zero-order chi connectivity index (χ0) is 21.7. The van der Waals surface area contributed by atoms with Crippen molar-refractivity contribution in [3.8, 4) is 16.9 Å². The second kappa shape index (κ2) is 6.80. The van der Waals surface area contributed by atoms with Gasteiger partial charge in [0.25, 0.3) is 0 Å². The van der Waals surface area contributed by atoms with E-state index in [1.165, 1.54) is 12.1 Å². The van der Waals surface area contributed by atoms with Crippen LogP contribution < -0.4 is 4.74 Å². The van der Waals surface area contributed by atoms with Crippen LogP contribution in [0.4, 0.5) is 13.2 Å². The standard InChI is InChI=1S/C25H19F3N2O/c1-23(19-5-3-2-4-6-19)14-24(15-29-16-30-24)21-13-18(9-12-22(21)31-23)17-7-10-20(11-8-17)25(26,27)28/h2-13,15-16H,14H2,1H3. The largest absolute Gasteiger partial charge is 0.482 e. The summed E-state index contributed by atoms with van der Waals surface area (Å²) in [6.07, 6.45) is -0.423. The van der Waals surface area contributed by atoms with Crippen LogP contribution in [0.2, 0.25) is 0 Å². The number of fused-ring (bicyclic) bond motifs is 2. The Kier molecular flexibility index (Phi) is 4.29. The van der Waals surface area contributed by atoms with Crippen molar-refractivity contribution in [2.24, 2.45) is 9.98 Å². The highest BCUT2D eigenvalue weighted by Gasteiger charge is 2.48. The number of alkyl halides is 3. The van der Waals surface area contributed by atoms with Crippen molar-refractivity contribution in [1.82, 2.24) is 0 Å². The van der Waals surface area contributed by atoms with Gasteiger partial charge in [-0.05, 0) is 47.9 Å². The van der Waals surface area contributed by atoms with Gasteiger partial charge in [-0.25, -0.2) is 4.99 Å². The first-order chi connectivity index (χ1) is 14.8. The highest BCUT2D eigenvalue weighted by molar-refractivity contribution is 5.89. The summed E-state index contributed by atoms with van der Waals surface area (Å²) in [6, 6.07) is 20.8. The van der Waals surface area contributed by atoms with Crippen molar-refractivity contribution in [2.75, 3.05) is 0 Å². The third kappa shape index (κ3) is 3.32. The predicted molar refractivity (Wildman–Crippen MR) is 115 cm³/mol. The molecule has 0 aliphatic carbocycles. The maximum Gasteiger partial charge on any atom is 0.416 e. The molecule has 0 radical (unpaired) electrons. The first kappa shape index (κ1) is 19.5. The van der Waals surface area contributed by atoms with Gasteiger partial charge in [0.05, 0.1) is 5.56 Å². The van der Waals surface area contributed by atoms with Crippen molar-refractivity contribution >= 4 is 12.6 Å². The molecule has 0 saturated heterocycles. The topological polar surface area (TPSA) is 34.0 Å². The maximum absolute atomic E-state index is 12.9. The number of halogens is 3. The lowest BCUT2D eigenvalue weighted by molar-refractivity contribution is -0.137. The van der Waals surface area contributed by atoms with Gasteiger partial charge in [0.1, 0.15) is 23.2 Å². The molecular formula is C25H19F3N2O. The smallest absolute Gasteiger partial charge is 0.416 e. The van der Waals surface area contributed by atoms with Gasteiger partial charge in [0.15, 0.2) is 0 Å². The van der Waals surface area contributed by atoms with Gasteiger partial charge in [0.2, 0.25) is 0 Å². The Bertz CT molecular complexity index is 1170. The van der Waals surface area contributed by atoms with E-state index in [0.29, 0.717) is 17.7 Å². The molecule has 2 atom stereocenters. The van der Waals surface area contributed by atoms with Crippen LogP contribution in [0.15, 0.2) is 82.8 Å². The third-order valence-corrected chi connectivity index (χ3v) is 5.96. The van der Waals surface area contributed by atoms with E-state index in [1.54, 1.807) is 6.34 Å². The Morgan fingerprint density at radius 3 is 2.26 bits per heavy atom. The fraction of sp³-hybridized carbons (Fsp3) is 0.200. The van der Waals surface area contributed by atoms with Crippen LogP contribution in [-0.2, 0) is 17.3 Å². The molecule has 0 saturated carbocycles. The SMILES string of the molecule is CC1(c2ccccc2)CC2(C=NC=N2)c2cc(-c3ccc(C(F)(F)F)cc3)ccc2O1. The quantitative estimate of drug-likeness (QED) is 0.474. The third-order valence-electron chi connectivity index (χ3n) is 5.96. The minimum absolute atomic E-state index is 0.563. The lowest BCUT2D eigenvalue weighted by Gasteiger charge is -2.43. The predicted octanol–water partition coefficient (Wildman–Crippen LogP) is 6.38. The number of aliphatic imine (C=N–C) groups is 2. The van der Waals surface area contributed by atoms with Gasteiger partial charge in [-0.15, -0.1) is 0 Å². The molecule has 2 aliphatic heterocycles. The van der Waals surface area contributed by atoms with Crippen molar-refractivity contribution in [2.45, 2.75) is 30.7 Å². The van der Waals surface area contributed by atoms with Crippen LogP contribution in [0.25, 0.3) is 11.1 Å². The van der Waals surface area contributed by atoms with Crippen molar-refractivity contribution < 1.29 is 17.9 Å². The zero-order valence-electron chi connectivity index (χ0n) is 16.7. The van der Waals surface area contributed by atoms with Gasteiger partial charge in [0, 0.05) is 18.2 Å². The molecule has 0 N–H and O–H groups in total. The molecule has 5 rings (SSSR count). The second-order valence-corrected chi connectivity index (χ2v) is 8.11. The molecule has 1 spiro atoms. The molecule has 0 amide bonds. The zero-order valence-corrected chi connectivity index (χ0v) is 16.7. The van der Waals surface area contributed by atoms with E-state index in [-0.39, 0.29) is 0 Å². The summed E-state index contributed by atoms with van der Waals surface area (Å²) in [4.78, 5) is 8.96. The molecular weight excluding hydrogens is 401 g/mol. The Morgan fingerprint density at radius 1 is 0.903 bits per heavy atom. The molecule has 6 heteroatoms. The van der Waals surface area contributed by atoms with Gasteiger partial charge in [-0.1, -0.05) is 48.5 Å². The number of benzene rings is 3. The summed E-state index contributed by atoms with van der Waals surface area (Å²) in [6.45, 7) is 2.04. The fourth-order valence-corrected chi connectivity index (χ4v) is 4.39. The molecule has 0 fully saturated rings. The Morgan fingerprint density at radius 2 is 1.61 bits per heavy atom. The van der Waals surface area contributed by atoms with Crippen LogP contribution >= 0.6 is 0 Å². The summed E-state index contributed by atoms with van der Waals surface area (Å²) in [5.41, 5.74) is 1.45. The average Bonchev–Trinajstić information content (AvgIpc) is 3.22. The molecule has 0 aromatic heterocycles. The van der Waals surface area contributed by atoms with E-state index >= 15 is 0 Å². The number of ether oxygens (including phenoxy) is 1.